The summed E-state index contributed by atoms with van der Waals surface area (Å²) in [6.07, 6.45) is -0.692. The first-order valence-electron chi connectivity index (χ1n) is 7.56. The number of carbonyl (C=O) groups is 2. The van der Waals surface area contributed by atoms with Crippen molar-refractivity contribution >= 4 is 11.9 Å². The maximum atomic E-state index is 12.3. The summed E-state index contributed by atoms with van der Waals surface area (Å²) in [5.41, 5.74) is 1.10. The number of amides is 1. The second-order valence-electron chi connectivity index (χ2n) is 5.67. The summed E-state index contributed by atoms with van der Waals surface area (Å²) in [7, 11) is 1.31. The Kier molecular flexibility index (Phi) is 7.54. The van der Waals surface area contributed by atoms with Gasteiger partial charge in [-0.3, -0.25) is 9.59 Å². The van der Waals surface area contributed by atoms with Crippen LogP contribution >= 0.6 is 0 Å². The van der Waals surface area contributed by atoms with E-state index in [9.17, 15) is 14.7 Å². The van der Waals surface area contributed by atoms with Gasteiger partial charge >= 0.3 is 5.97 Å². The lowest BCUT2D eigenvalue weighted by molar-refractivity contribution is -0.147. The topological polar surface area (TPSA) is 76.1 Å². The van der Waals surface area contributed by atoms with E-state index in [0.29, 0.717) is 5.75 Å². The Morgan fingerprint density at radius 3 is 2.30 bits per heavy atom. The first-order chi connectivity index (χ1) is 10.8. The van der Waals surface area contributed by atoms with Gasteiger partial charge in [0.15, 0.2) is 6.61 Å². The van der Waals surface area contributed by atoms with Gasteiger partial charge in [-0.05, 0) is 26.0 Å². The standard InChI is InChI=1S/C17H25NO5/c1-12-5-7-15(8-6-12)23-11-16(20)18(10-14(3)19)9-13(2)17(21)22-4/h5-8,13-14,19H,9-11H2,1-4H3. The first kappa shape index (κ1) is 19.0. The number of hydrogen-bond acceptors (Lipinski definition) is 5. The molecule has 0 aromatic heterocycles. The van der Waals surface area contributed by atoms with E-state index in [1.165, 1.54) is 12.0 Å². The number of aryl methyl sites for hydroxylation is 1. The fourth-order valence-electron chi connectivity index (χ4n) is 2.07. The number of benzene rings is 1. The van der Waals surface area contributed by atoms with E-state index in [0.717, 1.165) is 5.56 Å². The highest BCUT2D eigenvalue weighted by atomic mass is 16.5. The van der Waals surface area contributed by atoms with Crippen molar-refractivity contribution in [2.45, 2.75) is 26.9 Å². The number of esters is 1. The van der Waals surface area contributed by atoms with Crippen LogP contribution in [-0.4, -0.2) is 54.8 Å². The van der Waals surface area contributed by atoms with E-state index in [4.69, 9.17) is 4.74 Å². The molecular weight excluding hydrogens is 298 g/mol. The molecule has 0 spiro atoms. The molecule has 23 heavy (non-hydrogen) atoms. The lowest BCUT2D eigenvalue weighted by Crippen LogP contribution is -2.43. The molecule has 2 unspecified atom stereocenters. The number of aliphatic hydroxyl groups is 1. The quantitative estimate of drug-likeness (QED) is 0.732. The predicted molar refractivity (Wildman–Crippen MR) is 86.1 cm³/mol. The fraction of sp³-hybridized carbons (Fsp3) is 0.529. The molecular formula is C17H25NO5. The van der Waals surface area contributed by atoms with Crippen molar-refractivity contribution < 1.29 is 24.2 Å². The zero-order valence-corrected chi connectivity index (χ0v) is 14.1. The van der Waals surface area contributed by atoms with Crippen LogP contribution in [0, 0.1) is 12.8 Å². The fourth-order valence-corrected chi connectivity index (χ4v) is 2.07. The van der Waals surface area contributed by atoms with Crippen molar-refractivity contribution in [1.82, 2.24) is 4.90 Å². The summed E-state index contributed by atoms with van der Waals surface area (Å²) in [6, 6.07) is 7.37. The van der Waals surface area contributed by atoms with Gasteiger partial charge in [0, 0.05) is 13.1 Å². The Bertz CT molecular complexity index is 512. The number of nitrogens with zero attached hydrogens (tertiary/aromatic N) is 1. The molecule has 6 heteroatoms. The molecule has 0 radical (unpaired) electrons. The van der Waals surface area contributed by atoms with Crippen molar-refractivity contribution in [2.75, 3.05) is 26.8 Å². The van der Waals surface area contributed by atoms with Crippen LogP contribution in [0.15, 0.2) is 24.3 Å². The molecule has 0 saturated heterocycles. The Morgan fingerprint density at radius 1 is 1.17 bits per heavy atom. The largest absolute Gasteiger partial charge is 0.484 e. The minimum absolute atomic E-state index is 0.136. The smallest absolute Gasteiger partial charge is 0.310 e. The second kappa shape index (κ2) is 9.15. The zero-order chi connectivity index (χ0) is 17.4. The summed E-state index contributed by atoms with van der Waals surface area (Å²) in [5, 5.41) is 9.55. The summed E-state index contributed by atoms with van der Waals surface area (Å²) >= 11 is 0. The predicted octanol–water partition coefficient (Wildman–Crippen LogP) is 1.39. The Morgan fingerprint density at radius 2 is 1.78 bits per heavy atom. The maximum absolute atomic E-state index is 12.3. The van der Waals surface area contributed by atoms with Gasteiger partial charge in [0.1, 0.15) is 5.75 Å². The van der Waals surface area contributed by atoms with E-state index in [1.807, 2.05) is 19.1 Å². The molecule has 0 heterocycles. The molecule has 128 valence electrons. The highest BCUT2D eigenvalue weighted by Gasteiger charge is 2.23. The number of methoxy groups -OCH3 is 1. The van der Waals surface area contributed by atoms with Crippen LogP contribution in [0.1, 0.15) is 19.4 Å². The molecule has 0 aliphatic rings. The molecule has 0 fully saturated rings. The molecule has 0 aliphatic heterocycles. The van der Waals surface area contributed by atoms with Gasteiger partial charge in [-0.1, -0.05) is 24.6 Å². The van der Waals surface area contributed by atoms with Crippen molar-refractivity contribution in [3.8, 4) is 5.75 Å². The van der Waals surface area contributed by atoms with Crippen LogP contribution in [0.25, 0.3) is 0 Å². The molecule has 2 atom stereocenters. The van der Waals surface area contributed by atoms with Crippen LogP contribution in [0.5, 0.6) is 5.75 Å². The summed E-state index contributed by atoms with van der Waals surface area (Å²) in [4.78, 5) is 25.2. The maximum Gasteiger partial charge on any atom is 0.310 e. The van der Waals surface area contributed by atoms with Gasteiger partial charge in [-0.15, -0.1) is 0 Å². The Hall–Kier alpha value is -2.08. The zero-order valence-electron chi connectivity index (χ0n) is 14.1. The van der Waals surface area contributed by atoms with Gasteiger partial charge in [0.05, 0.1) is 19.1 Å². The number of ether oxygens (including phenoxy) is 2. The van der Waals surface area contributed by atoms with Crippen molar-refractivity contribution in [1.29, 1.82) is 0 Å². The SMILES string of the molecule is COC(=O)C(C)CN(CC(C)O)C(=O)COc1ccc(C)cc1. The molecule has 0 aliphatic carbocycles. The lowest BCUT2D eigenvalue weighted by atomic mass is 10.1. The molecule has 1 aromatic carbocycles. The summed E-state index contributed by atoms with van der Waals surface area (Å²) < 4.78 is 10.1. The third-order valence-electron chi connectivity index (χ3n) is 3.32. The summed E-state index contributed by atoms with van der Waals surface area (Å²) in [6.45, 7) is 5.39. The van der Waals surface area contributed by atoms with Gasteiger partial charge in [-0.2, -0.15) is 0 Å². The molecule has 1 aromatic rings. The minimum Gasteiger partial charge on any atom is -0.484 e. The van der Waals surface area contributed by atoms with Gasteiger partial charge < -0.3 is 19.5 Å². The Balaban J connectivity index is 2.63. The van der Waals surface area contributed by atoms with Crippen LogP contribution in [0.2, 0.25) is 0 Å². The van der Waals surface area contributed by atoms with Gasteiger partial charge in [0.25, 0.3) is 5.91 Å². The van der Waals surface area contributed by atoms with Crippen molar-refractivity contribution in [3.63, 3.8) is 0 Å². The van der Waals surface area contributed by atoms with Gasteiger partial charge in [0.2, 0.25) is 0 Å². The Labute approximate surface area is 137 Å². The molecule has 0 bridgehead atoms. The monoisotopic (exact) mass is 323 g/mol. The third-order valence-corrected chi connectivity index (χ3v) is 3.32. The lowest BCUT2D eigenvalue weighted by Gasteiger charge is -2.26. The van der Waals surface area contributed by atoms with Crippen LogP contribution < -0.4 is 4.74 Å². The third kappa shape index (κ3) is 6.69. The first-order valence-corrected chi connectivity index (χ1v) is 7.56. The molecule has 6 nitrogen and oxygen atoms in total. The van der Waals surface area contributed by atoms with Crippen LogP contribution in [-0.2, 0) is 14.3 Å². The average molecular weight is 323 g/mol. The van der Waals surface area contributed by atoms with Crippen LogP contribution in [0.3, 0.4) is 0 Å². The van der Waals surface area contributed by atoms with E-state index >= 15 is 0 Å². The highest BCUT2D eigenvalue weighted by Crippen LogP contribution is 2.12. The molecule has 1 amide bonds. The molecule has 0 saturated carbocycles. The van der Waals surface area contributed by atoms with E-state index in [-0.39, 0.29) is 25.6 Å². The van der Waals surface area contributed by atoms with Crippen molar-refractivity contribution in [3.05, 3.63) is 29.8 Å². The number of rotatable bonds is 8. The van der Waals surface area contributed by atoms with Crippen molar-refractivity contribution in [2.24, 2.45) is 5.92 Å². The average Bonchev–Trinajstić information content (AvgIpc) is 2.52. The molecule has 1 N–H and O–H groups in total. The normalized spacial score (nSPS) is 13.1. The molecule has 1 rings (SSSR count). The number of carbonyl (C=O) groups excluding carboxylic acids is 2. The van der Waals surface area contributed by atoms with Gasteiger partial charge in [-0.25, -0.2) is 0 Å². The second-order valence-corrected chi connectivity index (χ2v) is 5.67. The summed E-state index contributed by atoms with van der Waals surface area (Å²) in [5.74, 6) is -0.556. The minimum atomic E-state index is -0.692. The number of aliphatic hydroxyl groups excluding tert-OH is 1. The van der Waals surface area contributed by atoms with Crippen LogP contribution in [0.4, 0.5) is 0 Å². The number of hydrogen-bond donors (Lipinski definition) is 1. The van der Waals surface area contributed by atoms with E-state index < -0.39 is 18.0 Å². The van der Waals surface area contributed by atoms with E-state index in [1.54, 1.807) is 26.0 Å². The highest BCUT2D eigenvalue weighted by molar-refractivity contribution is 5.79. The van der Waals surface area contributed by atoms with E-state index in [2.05, 4.69) is 4.74 Å².